The summed E-state index contributed by atoms with van der Waals surface area (Å²) in [5, 5.41) is 6.23. The SMILES string of the molecule is CC(C)(C)OC(=O)NCC1CCCCC1NCCC(N)=O. The lowest BCUT2D eigenvalue weighted by Crippen LogP contribution is -2.45. The molecule has 1 aliphatic rings. The van der Waals surface area contributed by atoms with E-state index < -0.39 is 5.60 Å². The van der Waals surface area contributed by atoms with Crippen molar-refractivity contribution in [1.82, 2.24) is 10.6 Å². The minimum Gasteiger partial charge on any atom is -0.444 e. The van der Waals surface area contributed by atoms with Crippen LogP contribution in [0.2, 0.25) is 0 Å². The van der Waals surface area contributed by atoms with Gasteiger partial charge in [0.15, 0.2) is 0 Å². The van der Waals surface area contributed by atoms with E-state index in [1.807, 2.05) is 20.8 Å². The topological polar surface area (TPSA) is 93.4 Å². The Bertz CT molecular complexity index is 353. The van der Waals surface area contributed by atoms with E-state index in [1.165, 1.54) is 12.8 Å². The molecule has 2 amide bonds. The number of carbonyl (C=O) groups is 2. The molecule has 21 heavy (non-hydrogen) atoms. The van der Waals surface area contributed by atoms with Crippen LogP contribution in [-0.2, 0) is 9.53 Å². The Morgan fingerprint density at radius 3 is 2.52 bits per heavy atom. The van der Waals surface area contributed by atoms with Crippen LogP contribution >= 0.6 is 0 Å². The van der Waals surface area contributed by atoms with Gasteiger partial charge in [-0.15, -0.1) is 0 Å². The van der Waals surface area contributed by atoms with E-state index in [9.17, 15) is 9.59 Å². The maximum absolute atomic E-state index is 11.7. The van der Waals surface area contributed by atoms with Crippen LogP contribution in [0.5, 0.6) is 0 Å². The average molecular weight is 299 g/mol. The average Bonchev–Trinajstić information content (AvgIpc) is 2.35. The maximum atomic E-state index is 11.7. The lowest BCUT2D eigenvalue weighted by atomic mass is 9.84. The first-order valence-corrected chi connectivity index (χ1v) is 7.76. The molecule has 0 spiro atoms. The number of ether oxygens (including phenoxy) is 1. The summed E-state index contributed by atoms with van der Waals surface area (Å²) in [7, 11) is 0. The quantitative estimate of drug-likeness (QED) is 0.693. The molecule has 0 aromatic carbocycles. The van der Waals surface area contributed by atoms with Gasteiger partial charge in [-0.25, -0.2) is 4.79 Å². The number of rotatable bonds is 6. The fourth-order valence-electron chi connectivity index (χ4n) is 2.63. The standard InChI is InChI=1S/C15H29N3O3/c1-15(2,3)21-14(20)18-10-11-6-4-5-7-12(11)17-9-8-13(16)19/h11-12,17H,4-10H2,1-3H3,(H2,16,19)(H,18,20). The van der Waals surface area contributed by atoms with E-state index in [1.54, 1.807) is 0 Å². The van der Waals surface area contributed by atoms with Gasteiger partial charge in [0, 0.05) is 25.6 Å². The summed E-state index contributed by atoms with van der Waals surface area (Å²) in [5.74, 6) is 0.0842. The number of carbonyl (C=O) groups excluding carboxylic acids is 2. The van der Waals surface area contributed by atoms with Crippen LogP contribution in [-0.4, -0.2) is 36.7 Å². The Labute approximate surface area is 127 Å². The van der Waals surface area contributed by atoms with Crippen LogP contribution in [0.1, 0.15) is 52.9 Å². The van der Waals surface area contributed by atoms with Crippen molar-refractivity contribution in [2.45, 2.75) is 64.5 Å². The Kier molecular flexibility index (Phi) is 6.95. The molecule has 0 aliphatic heterocycles. The lowest BCUT2D eigenvalue weighted by Gasteiger charge is -2.32. The van der Waals surface area contributed by atoms with Crippen molar-refractivity contribution in [3.8, 4) is 0 Å². The molecule has 1 fully saturated rings. The molecule has 4 N–H and O–H groups in total. The third-order valence-corrected chi connectivity index (χ3v) is 3.59. The monoisotopic (exact) mass is 299 g/mol. The first-order chi connectivity index (χ1) is 9.78. The second-order valence-corrected chi connectivity index (χ2v) is 6.70. The Morgan fingerprint density at radius 2 is 1.90 bits per heavy atom. The third-order valence-electron chi connectivity index (χ3n) is 3.59. The van der Waals surface area contributed by atoms with Crippen molar-refractivity contribution in [2.75, 3.05) is 13.1 Å². The molecule has 0 aromatic heterocycles. The smallest absolute Gasteiger partial charge is 0.407 e. The third kappa shape index (κ3) is 7.90. The van der Waals surface area contributed by atoms with Crippen LogP contribution < -0.4 is 16.4 Å². The van der Waals surface area contributed by atoms with Gasteiger partial charge in [0.1, 0.15) is 5.60 Å². The second-order valence-electron chi connectivity index (χ2n) is 6.70. The van der Waals surface area contributed by atoms with Crippen LogP contribution in [0.3, 0.4) is 0 Å². The molecular weight excluding hydrogens is 270 g/mol. The molecule has 1 aliphatic carbocycles. The van der Waals surface area contributed by atoms with Crippen molar-refractivity contribution in [2.24, 2.45) is 11.7 Å². The maximum Gasteiger partial charge on any atom is 0.407 e. The van der Waals surface area contributed by atoms with Crippen molar-refractivity contribution in [3.05, 3.63) is 0 Å². The van der Waals surface area contributed by atoms with Crippen LogP contribution in [0, 0.1) is 5.92 Å². The highest BCUT2D eigenvalue weighted by molar-refractivity contribution is 5.73. The van der Waals surface area contributed by atoms with Crippen LogP contribution in [0.25, 0.3) is 0 Å². The summed E-state index contributed by atoms with van der Waals surface area (Å²) in [4.78, 5) is 22.5. The van der Waals surface area contributed by atoms with Crippen molar-refractivity contribution < 1.29 is 14.3 Å². The second kappa shape index (κ2) is 8.22. The van der Waals surface area contributed by atoms with Gasteiger partial charge in [0.25, 0.3) is 0 Å². The predicted molar refractivity (Wildman–Crippen MR) is 81.8 cm³/mol. The highest BCUT2D eigenvalue weighted by Gasteiger charge is 2.26. The number of hydrogen-bond donors (Lipinski definition) is 3. The summed E-state index contributed by atoms with van der Waals surface area (Å²) in [6.45, 7) is 6.75. The normalized spacial score (nSPS) is 22.6. The minimum atomic E-state index is -0.476. The highest BCUT2D eigenvalue weighted by Crippen LogP contribution is 2.24. The van der Waals surface area contributed by atoms with E-state index in [-0.39, 0.29) is 12.0 Å². The predicted octanol–water partition coefficient (Wildman–Crippen LogP) is 1.53. The zero-order valence-electron chi connectivity index (χ0n) is 13.4. The molecule has 0 radical (unpaired) electrons. The number of nitrogens with one attached hydrogen (secondary N) is 2. The molecule has 6 heteroatoms. The Hall–Kier alpha value is -1.30. The molecule has 2 unspecified atom stereocenters. The zero-order chi connectivity index (χ0) is 15.9. The molecular formula is C15H29N3O3. The Balaban J connectivity index is 2.35. The van der Waals surface area contributed by atoms with Gasteiger partial charge < -0.3 is 21.1 Å². The Morgan fingerprint density at radius 1 is 1.24 bits per heavy atom. The minimum absolute atomic E-state index is 0.290. The van der Waals surface area contributed by atoms with E-state index in [2.05, 4.69) is 10.6 Å². The molecule has 6 nitrogen and oxygen atoms in total. The number of alkyl carbamates (subject to hydrolysis) is 1. The van der Waals surface area contributed by atoms with Gasteiger partial charge in [0.05, 0.1) is 0 Å². The van der Waals surface area contributed by atoms with Crippen molar-refractivity contribution >= 4 is 12.0 Å². The van der Waals surface area contributed by atoms with E-state index >= 15 is 0 Å². The molecule has 1 saturated carbocycles. The molecule has 0 saturated heterocycles. The van der Waals surface area contributed by atoms with Gasteiger partial charge in [-0.2, -0.15) is 0 Å². The molecule has 122 valence electrons. The fraction of sp³-hybridized carbons (Fsp3) is 0.867. The fourth-order valence-corrected chi connectivity index (χ4v) is 2.63. The molecule has 2 atom stereocenters. The summed E-state index contributed by atoms with van der Waals surface area (Å²) >= 11 is 0. The summed E-state index contributed by atoms with van der Waals surface area (Å²) in [5.41, 5.74) is 4.67. The van der Waals surface area contributed by atoms with Crippen molar-refractivity contribution in [3.63, 3.8) is 0 Å². The van der Waals surface area contributed by atoms with Crippen molar-refractivity contribution in [1.29, 1.82) is 0 Å². The van der Waals surface area contributed by atoms with E-state index in [0.717, 1.165) is 12.8 Å². The number of hydrogen-bond acceptors (Lipinski definition) is 4. The molecule has 1 rings (SSSR count). The van der Waals surface area contributed by atoms with Gasteiger partial charge >= 0.3 is 6.09 Å². The van der Waals surface area contributed by atoms with Gasteiger partial charge in [-0.05, 0) is 39.5 Å². The summed E-state index contributed by atoms with van der Waals surface area (Å²) in [6, 6.07) is 0.327. The molecule has 0 heterocycles. The largest absolute Gasteiger partial charge is 0.444 e. The number of nitrogens with two attached hydrogens (primary N) is 1. The number of primary amides is 1. The van der Waals surface area contributed by atoms with Gasteiger partial charge in [-0.3, -0.25) is 4.79 Å². The zero-order valence-corrected chi connectivity index (χ0v) is 13.4. The van der Waals surface area contributed by atoms with E-state index in [0.29, 0.717) is 31.5 Å². The first kappa shape index (κ1) is 17.8. The first-order valence-electron chi connectivity index (χ1n) is 7.76. The van der Waals surface area contributed by atoms with Crippen LogP contribution in [0.15, 0.2) is 0 Å². The summed E-state index contributed by atoms with van der Waals surface area (Å²) < 4.78 is 5.24. The molecule has 0 bridgehead atoms. The van der Waals surface area contributed by atoms with Gasteiger partial charge in [-0.1, -0.05) is 12.8 Å². The summed E-state index contributed by atoms with van der Waals surface area (Å²) in [6.07, 6.45) is 4.47. The van der Waals surface area contributed by atoms with Crippen LogP contribution in [0.4, 0.5) is 4.79 Å². The molecule has 0 aromatic rings. The number of amides is 2. The van der Waals surface area contributed by atoms with E-state index in [4.69, 9.17) is 10.5 Å². The highest BCUT2D eigenvalue weighted by atomic mass is 16.6. The van der Waals surface area contributed by atoms with Gasteiger partial charge in [0.2, 0.25) is 5.91 Å². The lowest BCUT2D eigenvalue weighted by molar-refractivity contribution is -0.117.